The van der Waals surface area contributed by atoms with E-state index in [0.29, 0.717) is 45.1 Å². The van der Waals surface area contributed by atoms with Crippen LogP contribution in [0.25, 0.3) is 15.4 Å². The number of rotatable bonds is 7. The third-order valence-electron chi connectivity index (χ3n) is 5.37. The van der Waals surface area contributed by atoms with Crippen molar-refractivity contribution in [3.05, 3.63) is 40.2 Å². The molecule has 1 aliphatic rings. The molecule has 1 aliphatic heterocycles. The minimum Gasteiger partial charge on any atom is -0.504 e. The van der Waals surface area contributed by atoms with Crippen molar-refractivity contribution in [3.63, 3.8) is 0 Å². The Labute approximate surface area is 196 Å². The summed E-state index contributed by atoms with van der Waals surface area (Å²) in [6, 6.07) is 4.37. The van der Waals surface area contributed by atoms with E-state index in [4.69, 9.17) is 16.0 Å². The number of benzene rings is 1. The second-order valence-corrected chi connectivity index (χ2v) is 9.47. The van der Waals surface area contributed by atoms with Crippen LogP contribution in [0.4, 0.5) is 5.69 Å². The van der Waals surface area contributed by atoms with Crippen molar-refractivity contribution in [2.45, 2.75) is 58.2 Å². The molecule has 2 aromatic rings. The molecule has 0 saturated carbocycles. The lowest BCUT2D eigenvalue weighted by Gasteiger charge is -2.41. The molecular weight excluding hydrogens is 446 g/mol. The highest BCUT2D eigenvalue weighted by molar-refractivity contribution is 7.17. The molecule has 1 amide bonds. The van der Waals surface area contributed by atoms with Gasteiger partial charge in [-0.25, -0.2) is 9.83 Å². The van der Waals surface area contributed by atoms with E-state index in [1.165, 1.54) is 11.3 Å². The van der Waals surface area contributed by atoms with E-state index in [9.17, 15) is 20.1 Å². The van der Waals surface area contributed by atoms with Gasteiger partial charge in [0.15, 0.2) is 0 Å². The van der Waals surface area contributed by atoms with Crippen LogP contribution in [0.3, 0.4) is 0 Å². The minimum absolute atomic E-state index is 0.331. The fraction of sp³-hybridized carbons (Fsp3) is 0.522. The first-order valence-corrected chi connectivity index (χ1v) is 11.5. The molecule has 1 saturated heterocycles. The number of carbonyl (C=O) groups is 1. The molecule has 0 aliphatic carbocycles. The number of aliphatic hydroxyl groups is 3. The molecule has 1 aromatic heterocycles. The van der Waals surface area contributed by atoms with E-state index in [1.807, 2.05) is 13.8 Å². The van der Waals surface area contributed by atoms with Gasteiger partial charge in [0, 0.05) is 5.56 Å². The van der Waals surface area contributed by atoms with Crippen molar-refractivity contribution in [2.24, 2.45) is 5.92 Å². The molecule has 9 nitrogen and oxygen atoms in total. The number of ether oxygens (including phenoxy) is 2. The molecule has 0 bridgehead atoms. The maximum absolute atomic E-state index is 12.9. The summed E-state index contributed by atoms with van der Waals surface area (Å²) in [6.45, 7) is 15.0. The zero-order valence-corrected chi connectivity index (χ0v) is 19.8. The lowest BCUT2D eigenvalue weighted by Crippen LogP contribution is -2.63. The van der Waals surface area contributed by atoms with Gasteiger partial charge >= 0.3 is 0 Å². The molecule has 3 rings (SSSR count). The summed E-state index contributed by atoms with van der Waals surface area (Å²) in [5.74, 6) is 0.388. The molecule has 33 heavy (non-hydrogen) atoms. The number of aryl methyl sites for hydroxylation is 1. The quantitative estimate of drug-likeness (QED) is 0.453. The predicted octanol–water partition coefficient (Wildman–Crippen LogP) is 2.30. The van der Waals surface area contributed by atoms with Crippen LogP contribution in [0.1, 0.15) is 36.1 Å². The van der Waals surface area contributed by atoms with E-state index in [2.05, 4.69) is 15.1 Å². The molecular formula is C23H29N3O6S. The molecule has 5 unspecified atom stereocenters. The van der Waals surface area contributed by atoms with Gasteiger partial charge in [0.1, 0.15) is 33.9 Å². The largest absolute Gasteiger partial charge is 0.504 e. The normalized spacial score (nSPS) is 25.0. The fourth-order valence-electron chi connectivity index (χ4n) is 3.57. The molecule has 0 radical (unpaired) electrons. The Morgan fingerprint density at radius 3 is 2.73 bits per heavy atom. The first-order chi connectivity index (χ1) is 15.7. The minimum atomic E-state index is -1.32. The van der Waals surface area contributed by atoms with Crippen LogP contribution >= 0.6 is 11.3 Å². The predicted molar refractivity (Wildman–Crippen MR) is 124 cm³/mol. The van der Waals surface area contributed by atoms with Gasteiger partial charge in [-0.15, -0.1) is 11.3 Å². The van der Waals surface area contributed by atoms with Crippen molar-refractivity contribution in [1.29, 1.82) is 0 Å². The van der Waals surface area contributed by atoms with Gasteiger partial charge in [0.2, 0.25) is 5.69 Å². The second kappa shape index (κ2) is 10.6. The van der Waals surface area contributed by atoms with Crippen LogP contribution in [0.5, 0.6) is 5.75 Å². The number of hydrogen-bond acceptors (Lipinski definition) is 8. The van der Waals surface area contributed by atoms with Crippen LogP contribution in [0.2, 0.25) is 0 Å². The summed E-state index contributed by atoms with van der Waals surface area (Å²) in [4.78, 5) is 21.3. The summed E-state index contributed by atoms with van der Waals surface area (Å²) in [5.41, 5.74) is 1.57. The SMILES string of the molecule is [C-]#[N+]c1cc(-c2nc(C)c(C(=O)NC3C(C)OC(CO)C(O)C3O)s2)ccc1OCC(C)C. The van der Waals surface area contributed by atoms with Crippen molar-refractivity contribution < 1.29 is 29.6 Å². The first kappa shape index (κ1) is 25.1. The number of nitrogens with one attached hydrogen (secondary N) is 1. The van der Waals surface area contributed by atoms with Gasteiger partial charge in [-0.2, -0.15) is 0 Å². The maximum Gasteiger partial charge on any atom is 0.263 e. The zero-order chi connectivity index (χ0) is 24.3. The molecule has 2 heterocycles. The van der Waals surface area contributed by atoms with Crippen LogP contribution < -0.4 is 10.1 Å². The fourth-order valence-corrected chi connectivity index (χ4v) is 4.53. The Kier molecular flexibility index (Phi) is 8.05. The smallest absolute Gasteiger partial charge is 0.263 e. The van der Waals surface area contributed by atoms with Crippen molar-refractivity contribution in [3.8, 4) is 16.3 Å². The van der Waals surface area contributed by atoms with Gasteiger partial charge in [0.05, 0.1) is 37.6 Å². The third-order valence-corrected chi connectivity index (χ3v) is 6.58. The summed E-state index contributed by atoms with van der Waals surface area (Å²) in [5, 5.41) is 33.1. The number of thiazole rings is 1. The number of aromatic nitrogens is 1. The van der Waals surface area contributed by atoms with Gasteiger partial charge in [0.25, 0.3) is 5.91 Å². The summed E-state index contributed by atoms with van der Waals surface area (Å²) < 4.78 is 11.2. The summed E-state index contributed by atoms with van der Waals surface area (Å²) in [6.07, 6.45) is -4.14. The lowest BCUT2D eigenvalue weighted by atomic mass is 9.93. The monoisotopic (exact) mass is 475 g/mol. The highest BCUT2D eigenvalue weighted by Gasteiger charge is 2.43. The van der Waals surface area contributed by atoms with E-state index in [-0.39, 0.29) is 0 Å². The molecule has 5 atom stereocenters. The van der Waals surface area contributed by atoms with Crippen LogP contribution in [-0.4, -0.2) is 69.9 Å². The highest BCUT2D eigenvalue weighted by atomic mass is 32.1. The Morgan fingerprint density at radius 1 is 1.36 bits per heavy atom. The van der Waals surface area contributed by atoms with Gasteiger partial charge in [-0.3, -0.25) is 4.79 Å². The van der Waals surface area contributed by atoms with Crippen molar-refractivity contribution >= 4 is 22.9 Å². The Bertz CT molecular complexity index is 1030. The standard InChI is InChI=1S/C23H29N3O6S/c1-11(2)10-31-16-7-6-14(8-15(16)24-5)23-25-12(3)21(33-23)22(30)26-18-13(4)32-17(9-27)19(28)20(18)29/h6-8,11,13,17-20,27-29H,9-10H2,1-4H3,(H,26,30). The number of aliphatic hydroxyl groups excluding tert-OH is 3. The molecule has 1 fully saturated rings. The molecule has 1 aromatic carbocycles. The van der Waals surface area contributed by atoms with Gasteiger partial charge < -0.3 is 30.1 Å². The Hall–Kier alpha value is -2.55. The number of hydrogen-bond donors (Lipinski definition) is 4. The van der Waals surface area contributed by atoms with Crippen molar-refractivity contribution in [2.75, 3.05) is 13.2 Å². The maximum atomic E-state index is 12.9. The highest BCUT2D eigenvalue weighted by Crippen LogP contribution is 2.36. The van der Waals surface area contributed by atoms with Gasteiger partial charge in [-0.05, 0) is 31.9 Å². The molecule has 10 heteroatoms. The number of amides is 1. The average molecular weight is 476 g/mol. The average Bonchev–Trinajstić information content (AvgIpc) is 3.19. The number of nitrogens with zero attached hydrogens (tertiary/aromatic N) is 2. The van der Waals surface area contributed by atoms with E-state index in [1.54, 1.807) is 32.0 Å². The lowest BCUT2D eigenvalue weighted by molar-refractivity contribution is -0.187. The topological polar surface area (TPSA) is 126 Å². The third kappa shape index (κ3) is 5.51. The first-order valence-electron chi connectivity index (χ1n) is 10.7. The van der Waals surface area contributed by atoms with Crippen LogP contribution in [-0.2, 0) is 4.74 Å². The van der Waals surface area contributed by atoms with Crippen LogP contribution in [0.15, 0.2) is 18.2 Å². The Balaban J connectivity index is 1.79. The van der Waals surface area contributed by atoms with E-state index < -0.39 is 43.0 Å². The molecule has 4 N–H and O–H groups in total. The second-order valence-electron chi connectivity index (χ2n) is 8.48. The molecule has 178 valence electrons. The van der Waals surface area contributed by atoms with Crippen LogP contribution in [0, 0.1) is 19.4 Å². The van der Waals surface area contributed by atoms with Gasteiger partial charge in [-0.1, -0.05) is 19.9 Å². The van der Waals surface area contributed by atoms with E-state index >= 15 is 0 Å². The van der Waals surface area contributed by atoms with E-state index in [0.717, 1.165) is 0 Å². The summed E-state index contributed by atoms with van der Waals surface area (Å²) >= 11 is 1.17. The Morgan fingerprint density at radius 2 is 2.09 bits per heavy atom. The molecule has 0 spiro atoms. The summed E-state index contributed by atoms with van der Waals surface area (Å²) in [7, 11) is 0. The number of carbonyl (C=O) groups excluding carboxylic acids is 1. The van der Waals surface area contributed by atoms with Crippen molar-refractivity contribution in [1.82, 2.24) is 10.3 Å². The zero-order valence-electron chi connectivity index (χ0n) is 19.0.